The standard InChI is InChI=1S/C23H24N4O2/c1-15-18-6-4-5-7-19(18)27(3)20(15)14-26(2)22(29)11-8-16-12-17-9-10-21(28)25-23(17)24-13-16/h4-8,11-13H,9-10,14H2,1-3H3,(H,24,25,28)/b11-8+. The van der Waals surface area contributed by atoms with Gasteiger partial charge in [-0.05, 0) is 48.2 Å². The van der Waals surface area contributed by atoms with E-state index in [4.69, 9.17) is 0 Å². The van der Waals surface area contributed by atoms with Crippen molar-refractivity contribution in [2.45, 2.75) is 26.3 Å². The van der Waals surface area contributed by atoms with Crippen molar-refractivity contribution in [3.8, 4) is 0 Å². The Bertz CT molecular complexity index is 1100. The minimum atomic E-state index is -0.0688. The smallest absolute Gasteiger partial charge is 0.246 e. The molecule has 2 amide bonds. The Morgan fingerprint density at radius 3 is 2.90 bits per heavy atom. The number of anilines is 1. The van der Waals surface area contributed by atoms with E-state index in [1.54, 1.807) is 23.2 Å². The molecular weight excluding hydrogens is 364 g/mol. The van der Waals surface area contributed by atoms with E-state index in [0.29, 0.717) is 25.2 Å². The number of likely N-dealkylation sites (N-methyl/N-ethyl adjacent to an activating group) is 1. The normalized spacial score (nSPS) is 13.6. The fourth-order valence-corrected chi connectivity index (χ4v) is 3.82. The minimum Gasteiger partial charge on any atom is -0.346 e. The van der Waals surface area contributed by atoms with E-state index in [-0.39, 0.29) is 11.8 Å². The van der Waals surface area contributed by atoms with Crippen LogP contribution in [0.1, 0.15) is 28.8 Å². The number of hydrogen-bond acceptors (Lipinski definition) is 3. The molecule has 29 heavy (non-hydrogen) atoms. The van der Waals surface area contributed by atoms with Crippen LogP contribution in [0.15, 0.2) is 42.6 Å². The Hall–Kier alpha value is -3.41. The zero-order valence-electron chi connectivity index (χ0n) is 16.9. The van der Waals surface area contributed by atoms with Gasteiger partial charge in [-0.3, -0.25) is 9.59 Å². The molecule has 1 aliphatic heterocycles. The summed E-state index contributed by atoms with van der Waals surface area (Å²) in [6.45, 7) is 2.64. The highest BCUT2D eigenvalue weighted by atomic mass is 16.2. The molecule has 3 heterocycles. The third-order valence-corrected chi connectivity index (χ3v) is 5.56. The monoisotopic (exact) mass is 388 g/mol. The van der Waals surface area contributed by atoms with Crippen LogP contribution in [0.25, 0.3) is 17.0 Å². The minimum absolute atomic E-state index is 0.00581. The molecule has 1 N–H and O–H groups in total. The number of amides is 2. The molecule has 3 aromatic rings. The number of aromatic nitrogens is 2. The number of nitrogens with zero attached hydrogens (tertiary/aromatic N) is 3. The SMILES string of the molecule is Cc1c(CN(C)C(=O)/C=C/c2cnc3c(c2)CCC(=O)N3)n(C)c2ccccc12. The molecule has 6 heteroatoms. The second kappa shape index (κ2) is 7.54. The number of hydrogen-bond donors (Lipinski definition) is 1. The van der Waals surface area contributed by atoms with Gasteiger partial charge < -0.3 is 14.8 Å². The highest BCUT2D eigenvalue weighted by molar-refractivity contribution is 5.94. The summed E-state index contributed by atoms with van der Waals surface area (Å²) in [5.41, 5.74) is 5.35. The Balaban J connectivity index is 1.48. The third-order valence-electron chi connectivity index (χ3n) is 5.56. The van der Waals surface area contributed by atoms with Crippen LogP contribution in [-0.2, 0) is 29.6 Å². The molecular formula is C23H24N4O2. The average molecular weight is 388 g/mol. The van der Waals surface area contributed by atoms with Crippen molar-refractivity contribution in [1.82, 2.24) is 14.5 Å². The number of nitrogens with one attached hydrogen (secondary N) is 1. The number of aryl methyl sites for hydroxylation is 3. The van der Waals surface area contributed by atoms with Crippen molar-refractivity contribution >= 4 is 34.6 Å². The first-order chi connectivity index (χ1) is 13.9. The van der Waals surface area contributed by atoms with Gasteiger partial charge in [0.2, 0.25) is 11.8 Å². The van der Waals surface area contributed by atoms with Crippen LogP contribution in [0.4, 0.5) is 5.82 Å². The number of para-hydroxylation sites is 1. The number of pyridine rings is 1. The maximum atomic E-state index is 12.6. The van der Waals surface area contributed by atoms with Crippen LogP contribution in [0, 0.1) is 6.92 Å². The first-order valence-electron chi connectivity index (χ1n) is 9.69. The van der Waals surface area contributed by atoms with E-state index < -0.39 is 0 Å². The van der Waals surface area contributed by atoms with E-state index in [2.05, 4.69) is 33.9 Å². The van der Waals surface area contributed by atoms with Crippen molar-refractivity contribution in [2.75, 3.05) is 12.4 Å². The van der Waals surface area contributed by atoms with E-state index in [1.165, 1.54) is 16.5 Å². The molecule has 1 aromatic carbocycles. The van der Waals surface area contributed by atoms with Gasteiger partial charge in [-0.1, -0.05) is 18.2 Å². The van der Waals surface area contributed by atoms with Gasteiger partial charge in [-0.2, -0.15) is 0 Å². The first kappa shape index (κ1) is 18.9. The van der Waals surface area contributed by atoms with Gasteiger partial charge in [0.15, 0.2) is 0 Å². The zero-order chi connectivity index (χ0) is 20.5. The van der Waals surface area contributed by atoms with Crippen LogP contribution in [0.5, 0.6) is 0 Å². The number of carbonyl (C=O) groups excluding carboxylic acids is 2. The molecule has 6 nitrogen and oxygen atoms in total. The fourth-order valence-electron chi connectivity index (χ4n) is 3.82. The Labute approximate surface area is 169 Å². The van der Waals surface area contributed by atoms with E-state index in [1.807, 2.05) is 32.3 Å². The first-order valence-corrected chi connectivity index (χ1v) is 9.69. The van der Waals surface area contributed by atoms with Gasteiger partial charge in [0.25, 0.3) is 0 Å². The van der Waals surface area contributed by atoms with Crippen molar-refractivity contribution in [2.24, 2.45) is 7.05 Å². The summed E-state index contributed by atoms with van der Waals surface area (Å²) in [6.07, 6.45) is 6.15. The van der Waals surface area contributed by atoms with Gasteiger partial charge in [0.05, 0.1) is 6.54 Å². The zero-order valence-corrected chi connectivity index (χ0v) is 16.9. The van der Waals surface area contributed by atoms with Crippen LogP contribution in [0.2, 0.25) is 0 Å². The highest BCUT2D eigenvalue weighted by Crippen LogP contribution is 2.25. The predicted molar refractivity (Wildman–Crippen MR) is 114 cm³/mol. The van der Waals surface area contributed by atoms with Gasteiger partial charge in [0, 0.05) is 49.4 Å². The quantitative estimate of drug-likeness (QED) is 0.696. The van der Waals surface area contributed by atoms with Crippen molar-refractivity contribution in [3.63, 3.8) is 0 Å². The molecule has 1 aliphatic rings. The number of benzene rings is 1. The molecule has 0 bridgehead atoms. The molecule has 4 rings (SSSR count). The van der Waals surface area contributed by atoms with Crippen LogP contribution < -0.4 is 5.32 Å². The Kier molecular flexibility index (Phi) is 4.92. The molecule has 0 saturated heterocycles. The van der Waals surface area contributed by atoms with Crippen molar-refractivity contribution in [3.05, 3.63) is 65.0 Å². The van der Waals surface area contributed by atoms with Crippen molar-refractivity contribution < 1.29 is 9.59 Å². The lowest BCUT2D eigenvalue weighted by molar-refractivity contribution is -0.125. The average Bonchev–Trinajstić information content (AvgIpc) is 2.97. The molecule has 0 fully saturated rings. The molecule has 0 atom stereocenters. The molecule has 0 unspecified atom stereocenters. The lowest BCUT2D eigenvalue weighted by atomic mass is 10.0. The maximum absolute atomic E-state index is 12.6. The predicted octanol–water partition coefficient (Wildman–Crippen LogP) is 3.44. The van der Waals surface area contributed by atoms with E-state index in [0.717, 1.165) is 16.8 Å². The number of carbonyl (C=O) groups is 2. The summed E-state index contributed by atoms with van der Waals surface area (Å²) in [6, 6.07) is 10.2. The van der Waals surface area contributed by atoms with Crippen LogP contribution >= 0.6 is 0 Å². The lowest BCUT2D eigenvalue weighted by Crippen LogP contribution is -2.25. The largest absolute Gasteiger partial charge is 0.346 e. The summed E-state index contributed by atoms with van der Waals surface area (Å²) in [4.78, 5) is 30.1. The molecule has 2 aromatic heterocycles. The van der Waals surface area contributed by atoms with Crippen LogP contribution in [0.3, 0.4) is 0 Å². The number of fused-ring (bicyclic) bond motifs is 2. The Morgan fingerprint density at radius 2 is 2.10 bits per heavy atom. The third kappa shape index (κ3) is 3.66. The van der Waals surface area contributed by atoms with Gasteiger partial charge in [-0.15, -0.1) is 0 Å². The van der Waals surface area contributed by atoms with E-state index in [9.17, 15) is 9.59 Å². The summed E-state index contributed by atoms with van der Waals surface area (Å²) in [5, 5.41) is 3.98. The van der Waals surface area contributed by atoms with E-state index >= 15 is 0 Å². The second-order valence-corrected chi connectivity index (χ2v) is 7.50. The second-order valence-electron chi connectivity index (χ2n) is 7.50. The Morgan fingerprint density at radius 1 is 1.31 bits per heavy atom. The van der Waals surface area contributed by atoms with Crippen molar-refractivity contribution in [1.29, 1.82) is 0 Å². The molecule has 148 valence electrons. The molecule has 0 saturated carbocycles. The molecule has 0 radical (unpaired) electrons. The summed E-state index contributed by atoms with van der Waals surface area (Å²) >= 11 is 0. The van der Waals surface area contributed by atoms with Gasteiger partial charge in [0.1, 0.15) is 5.82 Å². The summed E-state index contributed by atoms with van der Waals surface area (Å²) < 4.78 is 2.15. The summed E-state index contributed by atoms with van der Waals surface area (Å²) in [5.74, 6) is 0.544. The highest BCUT2D eigenvalue weighted by Gasteiger charge is 2.17. The van der Waals surface area contributed by atoms with Gasteiger partial charge >= 0.3 is 0 Å². The topological polar surface area (TPSA) is 67.2 Å². The fraction of sp³-hybridized carbons (Fsp3) is 0.261. The summed E-state index contributed by atoms with van der Waals surface area (Å²) in [7, 11) is 3.85. The molecule has 0 aliphatic carbocycles. The molecule has 0 spiro atoms. The van der Waals surface area contributed by atoms with Gasteiger partial charge in [-0.25, -0.2) is 4.98 Å². The lowest BCUT2D eigenvalue weighted by Gasteiger charge is -2.17. The van der Waals surface area contributed by atoms with Crippen LogP contribution in [-0.4, -0.2) is 33.3 Å². The number of rotatable bonds is 4. The maximum Gasteiger partial charge on any atom is 0.246 e.